The lowest BCUT2D eigenvalue weighted by Crippen LogP contribution is -2.31. The summed E-state index contributed by atoms with van der Waals surface area (Å²) >= 11 is 0. The first-order chi connectivity index (χ1) is 13.2. The first-order valence-corrected chi connectivity index (χ1v) is 11.3. The van der Waals surface area contributed by atoms with Crippen molar-refractivity contribution in [3.63, 3.8) is 0 Å². The smallest absolute Gasteiger partial charge is 0.276 e. The highest BCUT2D eigenvalue weighted by atomic mass is 32.2. The molecule has 4 N–H and O–H groups in total. The minimum atomic E-state index is -3.81. The zero-order chi connectivity index (χ0) is 19.9. The quantitative estimate of drug-likeness (QED) is 0.559. The van der Waals surface area contributed by atoms with Crippen LogP contribution in [0, 0.1) is 0 Å². The summed E-state index contributed by atoms with van der Waals surface area (Å²) in [5, 5.41) is 20.6. The van der Waals surface area contributed by atoms with Crippen molar-refractivity contribution >= 4 is 21.7 Å². The lowest BCUT2D eigenvalue weighted by molar-refractivity contribution is 0.0728. The average molecular weight is 406 g/mol. The van der Waals surface area contributed by atoms with Crippen molar-refractivity contribution in [3.05, 3.63) is 28.3 Å². The Kier molecular flexibility index (Phi) is 4.93. The van der Waals surface area contributed by atoms with Crippen LogP contribution in [0.5, 0.6) is 0 Å². The van der Waals surface area contributed by atoms with Crippen molar-refractivity contribution in [2.24, 2.45) is 0 Å². The van der Waals surface area contributed by atoms with E-state index in [0.717, 1.165) is 44.2 Å². The number of nitrogens with zero attached hydrogens (tertiary/aromatic N) is 2. The zero-order valence-electron chi connectivity index (χ0n) is 16.3. The van der Waals surface area contributed by atoms with Gasteiger partial charge in [-0.1, -0.05) is 6.07 Å². The SMILES string of the molecule is CC(C)(O)CCNS(=O)(=O)c1nnc(Nc2c3c(cc4c2CCC4)CCC3)[nH]1. The number of hydrogen-bond donors (Lipinski definition) is 4. The second-order valence-corrected chi connectivity index (χ2v) is 9.98. The van der Waals surface area contributed by atoms with Crippen LogP contribution in [0.3, 0.4) is 0 Å². The molecule has 9 heteroatoms. The number of rotatable bonds is 7. The Labute approximate surface area is 165 Å². The van der Waals surface area contributed by atoms with Gasteiger partial charge in [-0.15, -0.1) is 10.2 Å². The molecule has 0 amide bonds. The number of aliphatic hydroxyl groups is 1. The molecule has 1 aromatic carbocycles. The highest BCUT2D eigenvalue weighted by Crippen LogP contribution is 2.39. The molecule has 2 aliphatic rings. The van der Waals surface area contributed by atoms with Crippen LogP contribution in [0.15, 0.2) is 11.2 Å². The van der Waals surface area contributed by atoms with Crippen LogP contribution in [-0.2, 0) is 35.7 Å². The summed E-state index contributed by atoms with van der Waals surface area (Å²) in [6.45, 7) is 3.39. The highest BCUT2D eigenvalue weighted by molar-refractivity contribution is 7.89. The first kappa shape index (κ1) is 19.4. The third kappa shape index (κ3) is 3.92. The molecule has 0 aliphatic heterocycles. The van der Waals surface area contributed by atoms with E-state index in [2.05, 4.69) is 31.3 Å². The molecular weight excluding hydrogens is 378 g/mol. The molecule has 0 fully saturated rings. The molecule has 2 aromatic rings. The van der Waals surface area contributed by atoms with Gasteiger partial charge in [-0.05, 0) is 81.0 Å². The van der Waals surface area contributed by atoms with Crippen molar-refractivity contribution in [1.29, 1.82) is 0 Å². The molecule has 152 valence electrons. The van der Waals surface area contributed by atoms with E-state index in [1.165, 1.54) is 22.3 Å². The average Bonchev–Trinajstić information content (AvgIpc) is 3.33. The van der Waals surface area contributed by atoms with Crippen LogP contribution in [-0.4, -0.2) is 40.9 Å². The predicted molar refractivity (Wildman–Crippen MR) is 106 cm³/mol. The summed E-state index contributed by atoms with van der Waals surface area (Å²) in [6, 6.07) is 2.35. The molecule has 0 bridgehead atoms. The summed E-state index contributed by atoms with van der Waals surface area (Å²) in [5.74, 6) is 0.331. The van der Waals surface area contributed by atoms with E-state index in [9.17, 15) is 13.5 Å². The normalized spacial score (nSPS) is 16.2. The number of fused-ring (bicyclic) bond motifs is 2. The molecule has 0 radical (unpaired) electrons. The van der Waals surface area contributed by atoms with Crippen LogP contribution in [0.2, 0.25) is 0 Å². The Hall–Kier alpha value is -1.97. The number of aromatic nitrogens is 3. The van der Waals surface area contributed by atoms with Gasteiger partial charge in [0.2, 0.25) is 5.95 Å². The zero-order valence-corrected chi connectivity index (χ0v) is 17.1. The van der Waals surface area contributed by atoms with Gasteiger partial charge in [0.15, 0.2) is 0 Å². The Balaban J connectivity index is 1.54. The number of nitrogens with one attached hydrogen (secondary N) is 3. The number of hydrogen-bond acceptors (Lipinski definition) is 6. The van der Waals surface area contributed by atoms with E-state index < -0.39 is 15.6 Å². The number of anilines is 2. The summed E-state index contributed by atoms with van der Waals surface area (Å²) < 4.78 is 27.3. The molecule has 8 nitrogen and oxygen atoms in total. The van der Waals surface area contributed by atoms with Gasteiger partial charge in [0.05, 0.1) is 5.60 Å². The molecule has 0 spiro atoms. The van der Waals surface area contributed by atoms with E-state index in [0.29, 0.717) is 12.4 Å². The summed E-state index contributed by atoms with van der Waals surface area (Å²) in [7, 11) is -3.81. The molecular formula is C19H27N5O3S. The summed E-state index contributed by atoms with van der Waals surface area (Å²) in [6.07, 6.45) is 6.85. The van der Waals surface area contributed by atoms with Gasteiger partial charge in [-0.2, -0.15) is 0 Å². The molecule has 2 aliphatic carbocycles. The Morgan fingerprint density at radius 1 is 1.11 bits per heavy atom. The molecule has 0 saturated heterocycles. The number of aryl methyl sites for hydroxylation is 2. The summed E-state index contributed by atoms with van der Waals surface area (Å²) in [4.78, 5) is 2.79. The van der Waals surface area contributed by atoms with Crippen LogP contribution < -0.4 is 10.0 Å². The van der Waals surface area contributed by atoms with Crippen molar-refractivity contribution in [2.75, 3.05) is 11.9 Å². The fourth-order valence-electron chi connectivity index (χ4n) is 4.07. The lowest BCUT2D eigenvalue weighted by atomic mass is 9.99. The molecule has 0 unspecified atom stereocenters. The fourth-order valence-corrected chi connectivity index (χ4v) is 4.96. The van der Waals surface area contributed by atoms with Gasteiger partial charge in [-0.3, -0.25) is 4.98 Å². The standard InChI is InChI=1S/C19H27N5O3S/c1-19(2,25)9-10-20-28(26,27)18-22-17(23-24-18)21-16-14-7-3-5-12(14)11-13-6-4-8-15(13)16/h11,20,25H,3-10H2,1-2H3,(H2,21,22,23,24). The van der Waals surface area contributed by atoms with Crippen molar-refractivity contribution in [1.82, 2.24) is 19.9 Å². The maximum atomic E-state index is 12.4. The van der Waals surface area contributed by atoms with Crippen LogP contribution in [0.4, 0.5) is 11.6 Å². The number of benzene rings is 1. The molecule has 1 aromatic heterocycles. The van der Waals surface area contributed by atoms with E-state index in [4.69, 9.17) is 0 Å². The summed E-state index contributed by atoms with van der Waals surface area (Å²) in [5.41, 5.74) is 5.57. The topological polar surface area (TPSA) is 120 Å². The number of sulfonamides is 1. The monoisotopic (exact) mass is 405 g/mol. The van der Waals surface area contributed by atoms with Gasteiger partial charge in [0.25, 0.3) is 15.2 Å². The molecule has 4 rings (SSSR count). The highest BCUT2D eigenvalue weighted by Gasteiger charge is 2.26. The van der Waals surface area contributed by atoms with Gasteiger partial charge >= 0.3 is 0 Å². The molecule has 0 atom stereocenters. The lowest BCUT2D eigenvalue weighted by Gasteiger charge is -2.16. The maximum absolute atomic E-state index is 12.4. The predicted octanol–water partition coefficient (Wildman–Crippen LogP) is 1.96. The number of H-pyrrole nitrogens is 1. The van der Waals surface area contributed by atoms with Gasteiger partial charge in [-0.25, -0.2) is 13.1 Å². The Morgan fingerprint density at radius 2 is 1.75 bits per heavy atom. The Morgan fingerprint density at radius 3 is 2.36 bits per heavy atom. The van der Waals surface area contributed by atoms with Gasteiger partial charge in [0.1, 0.15) is 0 Å². The maximum Gasteiger partial charge on any atom is 0.276 e. The minimum Gasteiger partial charge on any atom is -0.390 e. The minimum absolute atomic E-state index is 0.120. The Bertz CT molecular complexity index is 959. The molecule has 0 saturated carbocycles. The van der Waals surface area contributed by atoms with E-state index in [1.54, 1.807) is 13.8 Å². The van der Waals surface area contributed by atoms with E-state index in [1.807, 2.05) is 0 Å². The third-order valence-electron chi connectivity index (χ3n) is 5.47. The number of aromatic amines is 1. The van der Waals surface area contributed by atoms with Crippen LogP contribution >= 0.6 is 0 Å². The van der Waals surface area contributed by atoms with Crippen LogP contribution in [0.25, 0.3) is 0 Å². The van der Waals surface area contributed by atoms with E-state index >= 15 is 0 Å². The molecule has 28 heavy (non-hydrogen) atoms. The van der Waals surface area contributed by atoms with Crippen molar-refractivity contribution in [3.8, 4) is 0 Å². The van der Waals surface area contributed by atoms with Gasteiger partial charge in [0, 0.05) is 12.2 Å². The van der Waals surface area contributed by atoms with Crippen molar-refractivity contribution in [2.45, 2.75) is 69.6 Å². The van der Waals surface area contributed by atoms with Crippen molar-refractivity contribution < 1.29 is 13.5 Å². The fraction of sp³-hybridized carbons (Fsp3) is 0.579. The first-order valence-electron chi connectivity index (χ1n) is 9.81. The van der Waals surface area contributed by atoms with E-state index in [-0.39, 0.29) is 11.7 Å². The largest absolute Gasteiger partial charge is 0.390 e. The van der Waals surface area contributed by atoms with Crippen LogP contribution in [0.1, 0.15) is 55.4 Å². The van der Waals surface area contributed by atoms with Gasteiger partial charge < -0.3 is 10.4 Å². The second-order valence-electron chi connectivity index (χ2n) is 8.30. The second kappa shape index (κ2) is 7.13. The third-order valence-corrected chi connectivity index (χ3v) is 6.74. The molecule has 1 heterocycles.